The fourth-order valence-electron chi connectivity index (χ4n) is 2.64. The third-order valence-electron chi connectivity index (χ3n) is 3.86. The molecule has 0 bridgehead atoms. The van der Waals surface area contributed by atoms with Gasteiger partial charge < -0.3 is 15.2 Å². The molecule has 1 aliphatic heterocycles. The van der Waals surface area contributed by atoms with Crippen LogP contribution < -0.4 is 5.32 Å². The van der Waals surface area contributed by atoms with Crippen molar-refractivity contribution in [1.82, 2.24) is 15.2 Å². The quantitative estimate of drug-likeness (QED) is 0.802. The van der Waals surface area contributed by atoms with Crippen LogP contribution in [0.25, 0.3) is 0 Å². The minimum absolute atomic E-state index is 0.0570. The van der Waals surface area contributed by atoms with Gasteiger partial charge in [0.2, 0.25) is 0 Å². The monoisotopic (exact) mass is 347 g/mol. The number of halogens is 3. The normalized spacial score (nSPS) is 27.6. The maximum atomic E-state index is 13.6. The van der Waals surface area contributed by atoms with E-state index >= 15 is 0 Å². The number of ether oxygens (including phenoxy) is 1. The average molecular weight is 347 g/mol. The Morgan fingerprint density at radius 2 is 2.21 bits per heavy atom. The lowest BCUT2D eigenvalue weighted by Gasteiger charge is -2.49. The molecule has 0 saturated carbocycles. The van der Waals surface area contributed by atoms with Crippen molar-refractivity contribution in [2.24, 2.45) is 5.92 Å². The molecule has 7 nitrogen and oxygen atoms in total. The first-order valence-electron chi connectivity index (χ1n) is 7.04. The van der Waals surface area contributed by atoms with E-state index in [-0.39, 0.29) is 17.1 Å². The van der Waals surface area contributed by atoms with Crippen molar-refractivity contribution in [3.8, 4) is 0 Å². The third-order valence-corrected chi connectivity index (χ3v) is 3.86. The van der Waals surface area contributed by atoms with Crippen LogP contribution in [-0.4, -0.2) is 52.5 Å². The van der Waals surface area contributed by atoms with Crippen molar-refractivity contribution in [2.45, 2.75) is 24.9 Å². The summed E-state index contributed by atoms with van der Waals surface area (Å²) in [7, 11) is 0.758. The molecule has 10 heteroatoms. The van der Waals surface area contributed by atoms with Crippen molar-refractivity contribution in [1.29, 1.82) is 0 Å². The predicted octanol–water partition coefficient (Wildman–Crippen LogP) is 1.21. The molecule has 132 valence electrons. The molecule has 1 aliphatic rings. The Morgan fingerprint density at radius 1 is 1.54 bits per heavy atom. The summed E-state index contributed by atoms with van der Waals surface area (Å²) in [6, 6.07) is 0.207. The molecular formula is C14H16F3N3O4. The Morgan fingerprint density at radius 3 is 2.71 bits per heavy atom. The molecule has 0 unspecified atom stereocenters. The van der Waals surface area contributed by atoms with Crippen LogP contribution in [0.2, 0.25) is 0 Å². The van der Waals surface area contributed by atoms with Gasteiger partial charge in [0.25, 0.3) is 5.72 Å². The lowest BCUT2D eigenvalue weighted by Crippen LogP contribution is -2.73. The van der Waals surface area contributed by atoms with E-state index in [1.54, 1.807) is 0 Å². The molecule has 2 amide bonds. The number of aromatic nitrogens is 1. The number of urea groups is 1. The van der Waals surface area contributed by atoms with Gasteiger partial charge in [-0.15, -0.1) is 0 Å². The highest BCUT2D eigenvalue weighted by molar-refractivity contribution is 5.83. The minimum Gasteiger partial charge on any atom is -0.466 e. The number of hydrogen-bond donors (Lipinski definition) is 2. The van der Waals surface area contributed by atoms with Gasteiger partial charge >= 0.3 is 18.2 Å². The molecule has 1 fully saturated rings. The molecule has 2 rings (SSSR count). The van der Waals surface area contributed by atoms with Crippen LogP contribution >= 0.6 is 0 Å². The molecule has 3 atom stereocenters. The molecule has 0 radical (unpaired) electrons. The standard InChI is InChI=1S/C14H16F3N3O4/c1-3-24-11(21)9-10(8-5-4-6-18-7-8)19-12(22)20(2)13(9,23)14(15,16)17/h4-7,9-10,23H,3H2,1-2H3,(H,19,22)/t9-,10+,13+/m1/s1. The van der Waals surface area contributed by atoms with Crippen LogP contribution in [0.1, 0.15) is 18.5 Å². The lowest BCUT2D eigenvalue weighted by atomic mass is 9.81. The zero-order valence-electron chi connectivity index (χ0n) is 12.9. The van der Waals surface area contributed by atoms with Gasteiger partial charge in [0.1, 0.15) is 5.92 Å². The van der Waals surface area contributed by atoms with Crippen LogP contribution in [0, 0.1) is 5.92 Å². The fourth-order valence-corrected chi connectivity index (χ4v) is 2.64. The van der Waals surface area contributed by atoms with E-state index in [0.29, 0.717) is 0 Å². The Bertz CT molecular complexity index is 625. The van der Waals surface area contributed by atoms with Crippen LogP contribution in [0.4, 0.5) is 18.0 Å². The van der Waals surface area contributed by atoms with E-state index in [9.17, 15) is 27.9 Å². The summed E-state index contributed by atoms with van der Waals surface area (Å²) in [5.74, 6) is -3.40. The molecule has 2 heterocycles. The number of esters is 1. The molecule has 1 saturated heterocycles. The van der Waals surface area contributed by atoms with Gasteiger partial charge in [-0.1, -0.05) is 6.07 Å². The van der Waals surface area contributed by atoms with Gasteiger partial charge in [0.05, 0.1) is 12.6 Å². The van der Waals surface area contributed by atoms with Crippen LogP contribution in [0.3, 0.4) is 0 Å². The number of alkyl halides is 3. The summed E-state index contributed by atoms with van der Waals surface area (Å²) < 4.78 is 45.5. The average Bonchev–Trinajstić information content (AvgIpc) is 2.52. The smallest absolute Gasteiger partial charge is 0.437 e. The van der Waals surface area contributed by atoms with E-state index in [0.717, 1.165) is 7.05 Å². The molecule has 0 spiro atoms. The van der Waals surface area contributed by atoms with Crippen molar-refractivity contribution < 1.29 is 32.6 Å². The number of rotatable bonds is 3. The molecule has 1 aromatic rings. The van der Waals surface area contributed by atoms with Gasteiger partial charge in [-0.3, -0.25) is 14.7 Å². The number of amides is 2. The Balaban J connectivity index is 2.61. The number of carbonyl (C=O) groups is 2. The van der Waals surface area contributed by atoms with Crippen LogP contribution in [0.5, 0.6) is 0 Å². The zero-order chi connectivity index (χ0) is 18.1. The maximum Gasteiger partial charge on any atom is 0.437 e. The van der Waals surface area contributed by atoms with E-state index in [4.69, 9.17) is 4.74 Å². The van der Waals surface area contributed by atoms with E-state index < -0.39 is 35.9 Å². The predicted molar refractivity (Wildman–Crippen MR) is 74.4 cm³/mol. The van der Waals surface area contributed by atoms with Gasteiger partial charge in [-0.05, 0) is 18.6 Å². The highest BCUT2D eigenvalue weighted by Gasteiger charge is 2.69. The van der Waals surface area contributed by atoms with Crippen molar-refractivity contribution >= 4 is 12.0 Å². The Labute approximate surface area is 135 Å². The molecular weight excluding hydrogens is 331 g/mol. The second-order valence-corrected chi connectivity index (χ2v) is 5.23. The second kappa shape index (κ2) is 6.27. The molecule has 2 N–H and O–H groups in total. The van der Waals surface area contributed by atoms with Crippen LogP contribution in [0.15, 0.2) is 24.5 Å². The summed E-state index contributed by atoms with van der Waals surface area (Å²) in [4.78, 5) is 28.0. The fraction of sp³-hybridized carbons (Fsp3) is 0.500. The van der Waals surface area contributed by atoms with Crippen molar-refractivity contribution in [2.75, 3.05) is 13.7 Å². The van der Waals surface area contributed by atoms with Gasteiger partial charge in [-0.25, -0.2) is 4.79 Å². The number of nitrogens with zero attached hydrogens (tertiary/aromatic N) is 2. The highest BCUT2D eigenvalue weighted by atomic mass is 19.4. The molecule has 0 aromatic carbocycles. The lowest BCUT2D eigenvalue weighted by molar-refractivity contribution is -0.328. The summed E-state index contributed by atoms with van der Waals surface area (Å²) >= 11 is 0. The second-order valence-electron chi connectivity index (χ2n) is 5.23. The summed E-state index contributed by atoms with van der Waals surface area (Å²) in [5.41, 5.74) is -3.58. The van der Waals surface area contributed by atoms with Gasteiger partial charge in [-0.2, -0.15) is 13.2 Å². The zero-order valence-corrected chi connectivity index (χ0v) is 12.9. The molecule has 1 aromatic heterocycles. The van der Waals surface area contributed by atoms with E-state index in [1.807, 2.05) is 0 Å². The SMILES string of the molecule is CCOC(=O)[C@H]1[C@H](c2cccnc2)NC(=O)N(C)[C@@]1(O)C(F)(F)F. The summed E-state index contributed by atoms with van der Waals surface area (Å²) in [6.45, 7) is 1.25. The Hall–Kier alpha value is -2.36. The first-order valence-corrected chi connectivity index (χ1v) is 7.04. The molecule has 24 heavy (non-hydrogen) atoms. The highest BCUT2D eigenvalue weighted by Crippen LogP contribution is 2.46. The van der Waals surface area contributed by atoms with Crippen molar-refractivity contribution in [3.63, 3.8) is 0 Å². The number of nitrogens with one attached hydrogen (secondary N) is 1. The minimum atomic E-state index is -5.28. The number of aliphatic hydroxyl groups is 1. The first-order chi connectivity index (χ1) is 11.1. The summed E-state index contributed by atoms with van der Waals surface area (Å²) in [6.07, 6.45) is -2.69. The maximum absolute atomic E-state index is 13.6. The third kappa shape index (κ3) is 2.77. The van der Waals surface area contributed by atoms with Crippen molar-refractivity contribution in [3.05, 3.63) is 30.1 Å². The molecule has 0 aliphatic carbocycles. The number of hydrogen-bond acceptors (Lipinski definition) is 5. The topological polar surface area (TPSA) is 91.8 Å². The summed E-state index contributed by atoms with van der Waals surface area (Å²) in [5, 5.41) is 12.6. The Kier molecular flexibility index (Phi) is 4.70. The van der Waals surface area contributed by atoms with Crippen LogP contribution in [-0.2, 0) is 9.53 Å². The largest absolute Gasteiger partial charge is 0.466 e. The number of pyridine rings is 1. The number of carbonyl (C=O) groups excluding carboxylic acids is 2. The van der Waals surface area contributed by atoms with Gasteiger partial charge in [0.15, 0.2) is 0 Å². The van der Waals surface area contributed by atoms with Gasteiger partial charge in [0, 0.05) is 19.4 Å². The van der Waals surface area contributed by atoms with E-state index in [1.165, 1.54) is 31.5 Å². The van der Waals surface area contributed by atoms with E-state index in [2.05, 4.69) is 10.3 Å². The first kappa shape index (κ1) is 18.0.